The number of hydrogen-bond donors (Lipinski definition) is 2. The van der Waals surface area contributed by atoms with E-state index in [4.69, 9.17) is 14.6 Å². The van der Waals surface area contributed by atoms with E-state index in [1.54, 1.807) is 0 Å². The van der Waals surface area contributed by atoms with E-state index in [2.05, 4.69) is 63.6 Å². The number of rotatable bonds is 6. The van der Waals surface area contributed by atoms with Crippen LogP contribution in [0.25, 0.3) is 0 Å². The number of amides is 1. The van der Waals surface area contributed by atoms with E-state index in [1.807, 2.05) is 20.2 Å². The van der Waals surface area contributed by atoms with Crippen LogP contribution in [0.5, 0.6) is 0 Å². The first-order valence-corrected chi connectivity index (χ1v) is 11.0. The molecule has 2 aromatic rings. The molecule has 2 aliphatic rings. The minimum Gasteiger partial charge on any atom is -0.483 e. The summed E-state index contributed by atoms with van der Waals surface area (Å²) in [7, 11) is 4.07. The molecule has 0 unspecified atom stereocenters. The van der Waals surface area contributed by atoms with Gasteiger partial charge in [0.1, 0.15) is 0 Å². The summed E-state index contributed by atoms with van der Waals surface area (Å²) in [5, 5.41) is 10.1. The van der Waals surface area contributed by atoms with E-state index in [1.165, 1.54) is 16.8 Å². The van der Waals surface area contributed by atoms with Crippen LogP contribution in [0.4, 0.5) is 5.69 Å². The van der Waals surface area contributed by atoms with E-state index >= 15 is 0 Å². The van der Waals surface area contributed by atoms with Gasteiger partial charge < -0.3 is 20.1 Å². The molecular weight excluding hydrogens is 406 g/mol. The molecule has 0 saturated carbocycles. The first-order valence-electron chi connectivity index (χ1n) is 11.0. The molecule has 2 fully saturated rings. The summed E-state index contributed by atoms with van der Waals surface area (Å²) in [4.78, 5) is 25.4. The van der Waals surface area contributed by atoms with Gasteiger partial charge in [-0.2, -0.15) is 0 Å². The van der Waals surface area contributed by atoms with E-state index in [-0.39, 0.29) is 24.5 Å². The SMILES string of the molecule is CN(C)c1ccc(CCC(=O)N[C@@H]2C[C@H]3CO[C@@H](c4ccccc4)CN3C2)cc1.O=CO. The van der Waals surface area contributed by atoms with Gasteiger partial charge in [0.25, 0.3) is 6.47 Å². The molecule has 0 aliphatic carbocycles. The average molecular weight is 440 g/mol. The zero-order valence-corrected chi connectivity index (χ0v) is 18.8. The van der Waals surface area contributed by atoms with Crippen molar-refractivity contribution >= 4 is 18.1 Å². The van der Waals surface area contributed by atoms with Crippen molar-refractivity contribution in [1.29, 1.82) is 0 Å². The number of aryl methyl sites for hydroxylation is 1. The van der Waals surface area contributed by atoms with Gasteiger partial charge in [-0.15, -0.1) is 0 Å². The van der Waals surface area contributed by atoms with Crippen LogP contribution in [-0.2, 0) is 20.7 Å². The summed E-state index contributed by atoms with van der Waals surface area (Å²) in [5.74, 6) is 0.145. The molecule has 32 heavy (non-hydrogen) atoms. The maximum absolute atomic E-state index is 12.5. The van der Waals surface area contributed by atoms with Crippen LogP contribution in [0, 0.1) is 0 Å². The van der Waals surface area contributed by atoms with Crippen LogP contribution >= 0.6 is 0 Å². The summed E-state index contributed by atoms with van der Waals surface area (Å²) < 4.78 is 6.11. The Morgan fingerprint density at radius 2 is 1.84 bits per heavy atom. The van der Waals surface area contributed by atoms with Gasteiger partial charge in [-0.05, 0) is 36.1 Å². The summed E-state index contributed by atoms with van der Waals surface area (Å²) in [6.07, 6.45) is 2.42. The second kappa shape index (κ2) is 11.6. The Labute approximate surface area is 190 Å². The molecule has 4 rings (SSSR count). The lowest BCUT2D eigenvalue weighted by Crippen LogP contribution is -2.43. The summed E-state index contributed by atoms with van der Waals surface area (Å²) in [6.45, 7) is 2.31. The number of anilines is 1. The van der Waals surface area contributed by atoms with Gasteiger partial charge in [0.2, 0.25) is 5.91 Å². The first-order chi connectivity index (χ1) is 15.5. The highest BCUT2D eigenvalue weighted by molar-refractivity contribution is 5.76. The number of morpholine rings is 1. The molecule has 2 saturated heterocycles. The van der Waals surface area contributed by atoms with Crippen molar-refractivity contribution in [2.24, 2.45) is 0 Å². The predicted octanol–water partition coefficient (Wildman–Crippen LogP) is 2.72. The molecule has 7 nitrogen and oxygen atoms in total. The van der Waals surface area contributed by atoms with Crippen LogP contribution in [0.15, 0.2) is 54.6 Å². The van der Waals surface area contributed by atoms with Crippen molar-refractivity contribution in [1.82, 2.24) is 10.2 Å². The third kappa shape index (κ3) is 6.55. The lowest BCUT2D eigenvalue weighted by molar-refractivity contribution is -0.123. The monoisotopic (exact) mass is 439 g/mol. The number of nitrogens with zero attached hydrogens (tertiary/aromatic N) is 2. The Kier molecular flexibility index (Phi) is 8.64. The van der Waals surface area contributed by atoms with Gasteiger partial charge >= 0.3 is 0 Å². The third-order valence-corrected chi connectivity index (χ3v) is 6.05. The number of fused-ring (bicyclic) bond motifs is 1. The molecule has 0 spiro atoms. The van der Waals surface area contributed by atoms with Crippen molar-refractivity contribution < 1.29 is 19.4 Å². The quantitative estimate of drug-likeness (QED) is 0.674. The van der Waals surface area contributed by atoms with Crippen LogP contribution in [0.2, 0.25) is 0 Å². The molecule has 0 radical (unpaired) electrons. The minimum atomic E-state index is -0.250. The number of hydrogen-bond acceptors (Lipinski definition) is 5. The van der Waals surface area contributed by atoms with Crippen LogP contribution in [-0.4, -0.2) is 68.3 Å². The molecule has 2 aliphatic heterocycles. The summed E-state index contributed by atoms with van der Waals surface area (Å²) >= 11 is 0. The smallest absolute Gasteiger partial charge is 0.290 e. The Balaban J connectivity index is 0.000000913. The topological polar surface area (TPSA) is 82.1 Å². The first kappa shape index (κ1) is 23.8. The highest BCUT2D eigenvalue weighted by Gasteiger charge is 2.38. The zero-order valence-electron chi connectivity index (χ0n) is 18.8. The number of ether oxygens (including phenoxy) is 1. The largest absolute Gasteiger partial charge is 0.483 e. The molecule has 172 valence electrons. The van der Waals surface area contributed by atoms with Gasteiger partial charge in [0.05, 0.1) is 12.7 Å². The number of nitrogens with one attached hydrogen (secondary N) is 1. The summed E-state index contributed by atoms with van der Waals surface area (Å²) in [6, 6.07) is 19.5. The second-order valence-corrected chi connectivity index (χ2v) is 8.51. The lowest BCUT2D eigenvalue weighted by Gasteiger charge is -2.35. The molecule has 0 bridgehead atoms. The molecule has 3 atom stereocenters. The van der Waals surface area contributed by atoms with Crippen molar-refractivity contribution in [3.63, 3.8) is 0 Å². The Morgan fingerprint density at radius 3 is 2.50 bits per heavy atom. The molecule has 2 N–H and O–H groups in total. The minimum absolute atomic E-state index is 0.132. The van der Waals surface area contributed by atoms with Crippen molar-refractivity contribution in [3.8, 4) is 0 Å². The van der Waals surface area contributed by atoms with Crippen LogP contribution in [0.3, 0.4) is 0 Å². The van der Waals surface area contributed by atoms with E-state index in [0.29, 0.717) is 12.5 Å². The van der Waals surface area contributed by atoms with Crippen molar-refractivity contribution in [2.75, 3.05) is 38.7 Å². The van der Waals surface area contributed by atoms with Crippen LogP contribution in [0.1, 0.15) is 30.1 Å². The average Bonchev–Trinajstić information content (AvgIpc) is 3.20. The van der Waals surface area contributed by atoms with Gasteiger partial charge in [-0.1, -0.05) is 42.5 Å². The van der Waals surface area contributed by atoms with Crippen molar-refractivity contribution in [3.05, 3.63) is 65.7 Å². The van der Waals surface area contributed by atoms with E-state index in [9.17, 15) is 4.79 Å². The summed E-state index contributed by atoms with van der Waals surface area (Å²) in [5.41, 5.74) is 3.62. The van der Waals surface area contributed by atoms with E-state index in [0.717, 1.165) is 32.5 Å². The number of carbonyl (C=O) groups excluding carboxylic acids is 1. The van der Waals surface area contributed by atoms with Gasteiger partial charge in [-0.3, -0.25) is 14.5 Å². The standard InChI is InChI=1S/C24H31N3O2.CH2O2/c1-26(2)21-11-8-18(9-12-21)10-13-24(28)25-20-14-22-17-29-23(16-27(22)15-20)19-6-4-3-5-7-19;2-1-3/h3-9,11-12,20,22-23H,10,13-17H2,1-2H3,(H,25,28);1H,(H,2,3)/t20-,22+,23-;/m1./s1. The van der Waals surface area contributed by atoms with Crippen molar-refractivity contribution in [2.45, 2.75) is 37.5 Å². The number of benzene rings is 2. The maximum atomic E-state index is 12.5. The molecule has 1 amide bonds. The normalized spacial score (nSPS) is 22.2. The number of carbonyl (C=O) groups is 2. The zero-order chi connectivity index (χ0) is 22.9. The Hall–Kier alpha value is -2.90. The highest BCUT2D eigenvalue weighted by atomic mass is 16.5. The third-order valence-electron chi connectivity index (χ3n) is 6.05. The molecule has 2 aromatic carbocycles. The van der Waals surface area contributed by atoms with E-state index < -0.39 is 0 Å². The van der Waals surface area contributed by atoms with Gasteiger partial charge in [-0.25, -0.2) is 0 Å². The molecule has 2 heterocycles. The molecular formula is C25H33N3O4. The molecule has 0 aromatic heterocycles. The maximum Gasteiger partial charge on any atom is 0.290 e. The fourth-order valence-electron chi connectivity index (χ4n) is 4.37. The second-order valence-electron chi connectivity index (χ2n) is 8.51. The number of carboxylic acid groups (broad SMARTS) is 1. The fourth-order valence-corrected chi connectivity index (χ4v) is 4.37. The Morgan fingerprint density at radius 1 is 1.16 bits per heavy atom. The van der Waals surface area contributed by atoms with Crippen LogP contribution < -0.4 is 10.2 Å². The van der Waals surface area contributed by atoms with Gasteiger partial charge in [0.15, 0.2) is 0 Å². The van der Waals surface area contributed by atoms with Gasteiger partial charge in [0, 0.05) is 51.4 Å². The predicted molar refractivity (Wildman–Crippen MR) is 125 cm³/mol. The fraction of sp³-hybridized carbons (Fsp3) is 0.440. The molecule has 7 heteroatoms. The highest BCUT2D eigenvalue weighted by Crippen LogP contribution is 2.30. The Bertz CT molecular complexity index is 857. The lowest BCUT2D eigenvalue weighted by atomic mass is 10.1.